The lowest BCUT2D eigenvalue weighted by molar-refractivity contribution is 0.133. The molecule has 0 spiro atoms. The predicted octanol–water partition coefficient (Wildman–Crippen LogP) is 6.01. The zero-order valence-electron chi connectivity index (χ0n) is 13.2. The van der Waals surface area contributed by atoms with Gasteiger partial charge in [0, 0.05) is 15.9 Å². The number of hydrogen-bond donors (Lipinski definition) is 1. The predicted molar refractivity (Wildman–Crippen MR) is 93.3 cm³/mol. The van der Waals surface area contributed by atoms with Gasteiger partial charge in [0.05, 0.1) is 0 Å². The summed E-state index contributed by atoms with van der Waals surface area (Å²) in [5.41, 5.74) is 1.94. The van der Waals surface area contributed by atoms with Crippen LogP contribution in [0.5, 0.6) is 0 Å². The van der Waals surface area contributed by atoms with Crippen LogP contribution in [0.1, 0.15) is 65.0 Å². The average Bonchev–Trinajstić information content (AvgIpc) is 2.81. The lowest BCUT2D eigenvalue weighted by Crippen LogP contribution is -2.33. The van der Waals surface area contributed by atoms with E-state index in [1.807, 2.05) is 0 Å². The summed E-state index contributed by atoms with van der Waals surface area (Å²) in [6, 6.07) is 0.529. The van der Waals surface area contributed by atoms with Gasteiger partial charge in [-0.1, -0.05) is 27.7 Å². The summed E-state index contributed by atoms with van der Waals surface area (Å²) in [4.78, 5) is 0. The Morgan fingerprint density at radius 3 is 2.35 bits per heavy atom. The standard InChI is InChI=1S/C17H28BrNS/c1-5-19-16(14-10-20-11-15(14)18)12-6-8-13(9-7-12)17(2,3)4/h10-13,16,19H,5-9H2,1-4H3. The fraction of sp³-hybridized carbons (Fsp3) is 0.765. The Bertz CT molecular complexity index is 413. The van der Waals surface area contributed by atoms with Crippen LogP contribution in [0.3, 0.4) is 0 Å². The molecule has 0 bridgehead atoms. The maximum Gasteiger partial charge on any atom is 0.0368 e. The molecule has 1 unspecified atom stereocenters. The first-order chi connectivity index (χ1) is 9.43. The minimum absolute atomic E-state index is 0.474. The van der Waals surface area contributed by atoms with Gasteiger partial charge in [0.1, 0.15) is 0 Å². The summed E-state index contributed by atoms with van der Waals surface area (Å²) in [5.74, 6) is 1.69. The van der Waals surface area contributed by atoms with E-state index < -0.39 is 0 Å². The highest BCUT2D eigenvalue weighted by molar-refractivity contribution is 9.10. The van der Waals surface area contributed by atoms with E-state index in [1.54, 1.807) is 11.3 Å². The fourth-order valence-electron chi connectivity index (χ4n) is 3.58. The third kappa shape index (κ3) is 3.86. The molecule has 1 nitrogen and oxygen atoms in total. The summed E-state index contributed by atoms with van der Waals surface area (Å²) >= 11 is 5.52. The molecule has 0 amide bonds. The third-order valence-corrected chi connectivity index (χ3v) is 6.62. The first-order valence-corrected chi connectivity index (χ1v) is 9.62. The molecule has 0 aliphatic heterocycles. The molecule has 3 heteroatoms. The van der Waals surface area contributed by atoms with Crippen LogP contribution in [0, 0.1) is 17.3 Å². The zero-order chi connectivity index (χ0) is 14.8. The van der Waals surface area contributed by atoms with E-state index in [-0.39, 0.29) is 0 Å². The molecule has 2 rings (SSSR count). The van der Waals surface area contributed by atoms with Crippen molar-refractivity contribution in [2.75, 3.05) is 6.54 Å². The number of hydrogen-bond acceptors (Lipinski definition) is 2. The molecule has 1 aromatic heterocycles. The van der Waals surface area contributed by atoms with Gasteiger partial charge in [-0.25, -0.2) is 0 Å². The van der Waals surface area contributed by atoms with Crippen LogP contribution in [0.15, 0.2) is 15.2 Å². The maximum absolute atomic E-state index is 3.73. The Morgan fingerprint density at radius 2 is 1.90 bits per heavy atom. The van der Waals surface area contributed by atoms with E-state index in [0.717, 1.165) is 18.4 Å². The first-order valence-electron chi connectivity index (χ1n) is 7.88. The van der Waals surface area contributed by atoms with Gasteiger partial charge in [-0.05, 0) is 76.4 Å². The molecular weight excluding hydrogens is 330 g/mol. The number of rotatable bonds is 4. The molecule has 0 saturated heterocycles. The van der Waals surface area contributed by atoms with Crippen molar-refractivity contribution >= 4 is 27.3 Å². The smallest absolute Gasteiger partial charge is 0.0368 e. The van der Waals surface area contributed by atoms with Crippen molar-refractivity contribution < 1.29 is 0 Å². The Kier molecular flexibility index (Phi) is 5.72. The van der Waals surface area contributed by atoms with Gasteiger partial charge in [0.2, 0.25) is 0 Å². The summed E-state index contributed by atoms with van der Waals surface area (Å²) in [7, 11) is 0. The van der Waals surface area contributed by atoms with E-state index in [4.69, 9.17) is 0 Å². The van der Waals surface area contributed by atoms with Crippen molar-refractivity contribution in [3.8, 4) is 0 Å². The Hall–Kier alpha value is 0.140. The Labute approximate surface area is 136 Å². The highest BCUT2D eigenvalue weighted by Gasteiger charge is 2.33. The largest absolute Gasteiger partial charge is 0.310 e. The lowest BCUT2D eigenvalue weighted by Gasteiger charge is -2.39. The number of thiophene rings is 1. The highest BCUT2D eigenvalue weighted by Crippen LogP contribution is 2.44. The normalized spacial score (nSPS) is 25.6. The minimum atomic E-state index is 0.474. The van der Waals surface area contributed by atoms with E-state index in [2.05, 4.69) is 59.7 Å². The zero-order valence-corrected chi connectivity index (χ0v) is 15.6. The molecule has 1 saturated carbocycles. The van der Waals surface area contributed by atoms with Gasteiger partial charge in [-0.3, -0.25) is 0 Å². The Balaban J connectivity index is 2.04. The summed E-state index contributed by atoms with van der Waals surface area (Å²) in [6.07, 6.45) is 5.50. The van der Waals surface area contributed by atoms with E-state index >= 15 is 0 Å². The van der Waals surface area contributed by atoms with Crippen LogP contribution in [0.2, 0.25) is 0 Å². The second-order valence-corrected chi connectivity index (χ2v) is 8.79. The van der Waals surface area contributed by atoms with Gasteiger partial charge < -0.3 is 5.32 Å². The molecule has 0 radical (unpaired) electrons. The van der Waals surface area contributed by atoms with E-state index in [9.17, 15) is 0 Å². The van der Waals surface area contributed by atoms with Gasteiger partial charge in [0.15, 0.2) is 0 Å². The van der Waals surface area contributed by atoms with Crippen molar-refractivity contribution in [1.82, 2.24) is 5.32 Å². The molecule has 1 heterocycles. The van der Waals surface area contributed by atoms with Gasteiger partial charge >= 0.3 is 0 Å². The van der Waals surface area contributed by atoms with Crippen LogP contribution < -0.4 is 5.32 Å². The molecule has 114 valence electrons. The molecule has 1 atom stereocenters. The number of nitrogens with one attached hydrogen (secondary N) is 1. The number of halogens is 1. The van der Waals surface area contributed by atoms with Crippen LogP contribution in [-0.4, -0.2) is 6.54 Å². The third-order valence-electron chi connectivity index (χ3n) is 4.87. The van der Waals surface area contributed by atoms with Crippen molar-refractivity contribution in [1.29, 1.82) is 0 Å². The summed E-state index contributed by atoms with van der Waals surface area (Å²) in [5, 5.41) is 8.25. The molecule has 20 heavy (non-hydrogen) atoms. The molecule has 1 fully saturated rings. The fourth-order valence-corrected chi connectivity index (χ4v) is 5.16. The van der Waals surface area contributed by atoms with Crippen molar-refractivity contribution in [2.45, 2.75) is 59.4 Å². The molecule has 1 aliphatic carbocycles. The van der Waals surface area contributed by atoms with Crippen molar-refractivity contribution in [3.63, 3.8) is 0 Å². The molecule has 1 aromatic rings. The van der Waals surface area contributed by atoms with Crippen LogP contribution in [0.25, 0.3) is 0 Å². The first kappa shape index (κ1) is 16.5. The molecule has 1 aliphatic rings. The molecule has 1 N–H and O–H groups in total. The van der Waals surface area contributed by atoms with E-state index in [1.165, 1.54) is 35.7 Å². The monoisotopic (exact) mass is 357 g/mol. The van der Waals surface area contributed by atoms with Gasteiger partial charge in [-0.15, -0.1) is 0 Å². The SMILES string of the molecule is CCNC(c1cscc1Br)C1CCC(C(C)(C)C)CC1. The summed E-state index contributed by atoms with van der Waals surface area (Å²) < 4.78 is 1.28. The average molecular weight is 358 g/mol. The van der Waals surface area contributed by atoms with Gasteiger partial charge in [-0.2, -0.15) is 11.3 Å². The second kappa shape index (κ2) is 6.93. The quantitative estimate of drug-likeness (QED) is 0.695. The van der Waals surface area contributed by atoms with Crippen LogP contribution >= 0.6 is 27.3 Å². The van der Waals surface area contributed by atoms with E-state index in [0.29, 0.717) is 11.5 Å². The van der Waals surface area contributed by atoms with Crippen molar-refractivity contribution in [2.24, 2.45) is 17.3 Å². The topological polar surface area (TPSA) is 12.0 Å². The highest BCUT2D eigenvalue weighted by atomic mass is 79.9. The van der Waals surface area contributed by atoms with Crippen LogP contribution in [-0.2, 0) is 0 Å². The Morgan fingerprint density at radius 1 is 1.25 bits per heavy atom. The minimum Gasteiger partial charge on any atom is -0.310 e. The maximum atomic E-state index is 3.73. The molecule has 0 aromatic carbocycles. The van der Waals surface area contributed by atoms with Gasteiger partial charge in [0.25, 0.3) is 0 Å². The molecular formula is C17H28BrNS. The lowest BCUT2D eigenvalue weighted by atomic mass is 9.68. The second-order valence-electron chi connectivity index (χ2n) is 7.19. The van der Waals surface area contributed by atoms with Crippen molar-refractivity contribution in [3.05, 3.63) is 20.8 Å². The summed E-state index contributed by atoms with van der Waals surface area (Å²) in [6.45, 7) is 10.5. The van der Waals surface area contributed by atoms with Crippen LogP contribution in [0.4, 0.5) is 0 Å².